The van der Waals surface area contributed by atoms with Crippen molar-refractivity contribution in [3.63, 3.8) is 0 Å². The van der Waals surface area contributed by atoms with Gasteiger partial charge in [-0.2, -0.15) is 0 Å². The minimum absolute atomic E-state index is 0.0149. The zero-order valence-corrected chi connectivity index (χ0v) is 30.2. The van der Waals surface area contributed by atoms with Crippen molar-refractivity contribution in [1.82, 2.24) is 20.6 Å². The van der Waals surface area contributed by atoms with E-state index in [2.05, 4.69) is 34.4 Å². The van der Waals surface area contributed by atoms with E-state index in [1.807, 2.05) is 6.92 Å². The number of amides is 2. The van der Waals surface area contributed by atoms with Gasteiger partial charge in [-0.3, -0.25) is 19.4 Å². The number of aromatic hydroxyl groups is 1. The third-order valence-corrected chi connectivity index (χ3v) is 10.7. The van der Waals surface area contributed by atoms with Crippen molar-refractivity contribution in [2.45, 2.75) is 90.1 Å². The maximum atomic E-state index is 15.4. The van der Waals surface area contributed by atoms with E-state index in [0.717, 1.165) is 37.4 Å². The van der Waals surface area contributed by atoms with Gasteiger partial charge in [-0.1, -0.05) is 26.0 Å². The van der Waals surface area contributed by atoms with Crippen LogP contribution in [0, 0.1) is 23.1 Å². The lowest BCUT2D eigenvalue weighted by Gasteiger charge is -2.64. The number of esters is 1. The predicted molar refractivity (Wildman–Crippen MR) is 187 cm³/mol. The molecule has 276 valence electrons. The summed E-state index contributed by atoms with van der Waals surface area (Å²) >= 11 is 0. The summed E-state index contributed by atoms with van der Waals surface area (Å²) in [5, 5.41) is 15.2. The second-order valence-electron chi connectivity index (χ2n) is 15.5. The van der Waals surface area contributed by atoms with Crippen molar-refractivity contribution < 1.29 is 42.7 Å². The topological polar surface area (TPSA) is 178 Å². The van der Waals surface area contributed by atoms with Crippen LogP contribution in [0.5, 0.6) is 11.5 Å². The molecule has 4 N–H and O–H groups in total. The van der Waals surface area contributed by atoms with E-state index in [0.29, 0.717) is 11.5 Å². The number of carbonyl (C=O) groups excluding carboxylic acids is 3. The molecule has 15 heteroatoms. The van der Waals surface area contributed by atoms with Crippen LogP contribution < -0.4 is 20.8 Å². The predicted octanol–water partition coefficient (Wildman–Crippen LogP) is 4.04. The molecule has 3 heterocycles. The van der Waals surface area contributed by atoms with Gasteiger partial charge in [0.2, 0.25) is 5.91 Å². The molecule has 1 aliphatic heterocycles. The maximum absolute atomic E-state index is 15.4. The van der Waals surface area contributed by atoms with E-state index < -0.39 is 70.8 Å². The lowest BCUT2D eigenvalue weighted by molar-refractivity contribution is -0.199. The molecule has 3 saturated carbocycles. The highest BCUT2D eigenvalue weighted by Crippen LogP contribution is 2.65. The van der Waals surface area contributed by atoms with E-state index in [1.54, 1.807) is 39.0 Å². The second-order valence-corrected chi connectivity index (χ2v) is 15.5. The minimum atomic E-state index is -1.77. The highest BCUT2D eigenvalue weighted by molar-refractivity contribution is 6.48. The Balaban J connectivity index is 1.37. The molecular formula is C37H44BFN4O9. The molecule has 4 fully saturated rings. The van der Waals surface area contributed by atoms with E-state index in [4.69, 9.17) is 18.8 Å². The largest absolute Gasteiger partial charge is 0.506 e. The van der Waals surface area contributed by atoms with Crippen LogP contribution in [-0.4, -0.2) is 70.3 Å². The number of pyridine rings is 2. The first-order valence-corrected chi connectivity index (χ1v) is 17.3. The summed E-state index contributed by atoms with van der Waals surface area (Å²) in [6, 6.07) is 5.11. The third-order valence-electron chi connectivity index (χ3n) is 10.7. The van der Waals surface area contributed by atoms with Crippen LogP contribution in [0.15, 0.2) is 53.7 Å². The summed E-state index contributed by atoms with van der Waals surface area (Å²) in [4.78, 5) is 60.0. The molecule has 1 saturated heterocycles. The third kappa shape index (κ3) is 6.91. The van der Waals surface area contributed by atoms with Gasteiger partial charge in [0.1, 0.15) is 33.9 Å². The molecule has 7 rings (SSSR count). The van der Waals surface area contributed by atoms with Gasteiger partial charge in [-0.05, 0) is 75.8 Å². The van der Waals surface area contributed by atoms with E-state index in [9.17, 15) is 24.3 Å². The number of hydrogen-bond donors (Lipinski definition) is 4. The molecule has 2 aromatic heterocycles. The molecule has 6 atom stereocenters. The number of methoxy groups -OCH3 is 1. The molecule has 2 amide bonds. The van der Waals surface area contributed by atoms with Gasteiger partial charge >= 0.3 is 13.1 Å². The van der Waals surface area contributed by atoms with Gasteiger partial charge < -0.3 is 39.5 Å². The van der Waals surface area contributed by atoms with Crippen molar-refractivity contribution >= 4 is 24.9 Å². The first kappa shape index (κ1) is 37.0. The van der Waals surface area contributed by atoms with Gasteiger partial charge in [-0.15, -0.1) is 0 Å². The number of nitrogens with one attached hydrogen (secondary N) is 3. The normalized spacial score (nSPS) is 24.2. The molecular weight excluding hydrogens is 674 g/mol. The van der Waals surface area contributed by atoms with Crippen molar-refractivity contribution in [2.24, 2.45) is 17.3 Å². The van der Waals surface area contributed by atoms with Crippen molar-refractivity contribution in [1.29, 1.82) is 0 Å². The fourth-order valence-electron chi connectivity index (χ4n) is 7.98. The van der Waals surface area contributed by atoms with Crippen molar-refractivity contribution in [3.8, 4) is 11.5 Å². The number of nitrogens with zero attached hydrogens (tertiary/aromatic N) is 1. The quantitative estimate of drug-likeness (QED) is 0.177. The fourth-order valence-corrected chi connectivity index (χ4v) is 7.98. The number of ether oxygens (including phenoxy) is 2. The summed E-state index contributed by atoms with van der Waals surface area (Å²) in [6.45, 7) is 11.7. The van der Waals surface area contributed by atoms with Crippen LogP contribution in [0.2, 0.25) is 0 Å². The second kappa shape index (κ2) is 13.7. The van der Waals surface area contributed by atoms with Crippen LogP contribution in [0.25, 0.3) is 0 Å². The van der Waals surface area contributed by atoms with Gasteiger partial charge in [0.25, 0.3) is 5.91 Å². The Labute approximate surface area is 301 Å². The van der Waals surface area contributed by atoms with Gasteiger partial charge in [0.15, 0.2) is 17.3 Å². The van der Waals surface area contributed by atoms with Crippen LogP contribution >= 0.6 is 0 Å². The summed E-state index contributed by atoms with van der Waals surface area (Å²) in [6.07, 6.45) is 4.94. The molecule has 0 radical (unpaired) electrons. The molecule has 4 aliphatic rings. The number of rotatable bonds is 10. The van der Waals surface area contributed by atoms with Crippen molar-refractivity contribution in [3.05, 3.63) is 87.3 Å². The van der Waals surface area contributed by atoms with Gasteiger partial charge in [0, 0.05) is 24.5 Å². The number of halogens is 1. The summed E-state index contributed by atoms with van der Waals surface area (Å²) < 4.78 is 40.1. The number of aromatic amines is 1. The summed E-state index contributed by atoms with van der Waals surface area (Å²) in [7, 11) is 0.416. The minimum Gasteiger partial charge on any atom is -0.506 e. The lowest BCUT2D eigenvalue weighted by atomic mass is 9.43. The van der Waals surface area contributed by atoms with E-state index in [-0.39, 0.29) is 40.7 Å². The first-order chi connectivity index (χ1) is 24.4. The Kier molecular flexibility index (Phi) is 9.72. The first-order valence-electron chi connectivity index (χ1n) is 17.3. The van der Waals surface area contributed by atoms with Crippen LogP contribution in [0.1, 0.15) is 92.4 Å². The van der Waals surface area contributed by atoms with Gasteiger partial charge in [0.05, 0.1) is 31.0 Å². The zero-order valence-electron chi connectivity index (χ0n) is 30.2. The Bertz CT molecular complexity index is 1950. The Morgan fingerprint density at radius 3 is 2.56 bits per heavy atom. The molecule has 2 bridgehead atoms. The maximum Gasteiger partial charge on any atom is 0.482 e. The molecule has 2 unspecified atom stereocenters. The van der Waals surface area contributed by atoms with E-state index in [1.165, 1.54) is 13.3 Å². The number of aromatic nitrogens is 2. The van der Waals surface area contributed by atoms with Crippen molar-refractivity contribution in [2.75, 3.05) is 7.11 Å². The number of benzene rings is 1. The number of para-hydroxylation sites is 1. The van der Waals surface area contributed by atoms with Crippen LogP contribution in [0.4, 0.5) is 4.39 Å². The zero-order chi connectivity index (χ0) is 37.7. The Hall–Kier alpha value is -4.76. The highest BCUT2D eigenvalue weighted by Gasteiger charge is 2.68. The Morgan fingerprint density at radius 2 is 1.90 bits per heavy atom. The molecule has 3 aromatic rings. The number of H-pyrrole nitrogens is 1. The molecule has 1 aromatic carbocycles. The molecule has 52 heavy (non-hydrogen) atoms. The standard InChI is InChI=1S/C37H44BFN4O9/c1-35(2,3)50-34(48)22-10-8-9-19(31(22)49-7)13-28(38-51-27-15-20-14-26(36(20,4)5)37(27,6)52-38)42-33(47)30(29-24(39)16-21(44)17-41-29)43-32(46)23-18-40-12-11-25(23)45/h8-12,16-18,20,26-28,30,44H,13-15H2,1-7H3,(H,40,45)(H,42,47)(H,43,46)/t20-,26-,27?,28-,30?,37-/m0/s1. The molecule has 0 spiro atoms. The molecule has 13 nitrogen and oxygen atoms in total. The molecule has 3 aliphatic carbocycles. The number of carbonyl (C=O) groups is 3. The lowest BCUT2D eigenvalue weighted by Crippen LogP contribution is -2.65. The summed E-state index contributed by atoms with van der Waals surface area (Å²) in [5.41, 5.74) is -2.18. The highest BCUT2D eigenvalue weighted by atomic mass is 19.1. The average Bonchev–Trinajstić information content (AvgIpc) is 3.43. The SMILES string of the molecule is COc1c(C[C@H](NC(=O)C(NC(=O)c2c[nH]ccc2=O)c2ncc(O)cc2F)B2OC3C[C@@H]4C[C@@H](C4(C)C)[C@]3(C)O2)cccc1C(=O)OC(C)(C)C. The van der Waals surface area contributed by atoms with E-state index >= 15 is 4.39 Å². The van der Waals surface area contributed by atoms with Crippen LogP contribution in [0.3, 0.4) is 0 Å². The van der Waals surface area contributed by atoms with Gasteiger partial charge in [-0.25, -0.2) is 9.18 Å². The number of hydrogen-bond acceptors (Lipinski definition) is 10. The van der Waals surface area contributed by atoms with Crippen LogP contribution in [-0.2, 0) is 25.3 Å². The smallest absolute Gasteiger partial charge is 0.482 e. The fraction of sp³-hybridized carbons (Fsp3) is 0.486. The average molecular weight is 719 g/mol. The summed E-state index contributed by atoms with van der Waals surface area (Å²) in [5.74, 6) is -4.14. The Morgan fingerprint density at radius 1 is 1.15 bits per heavy atom. The monoisotopic (exact) mass is 718 g/mol.